The van der Waals surface area contributed by atoms with Crippen LogP contribution in [0.5, 0.6) is 0 Å². The molecule has 0 radical (unpaired) electrons. The maximum Gasteiger partial charge on any atom is 0.219 e. The van der Waals surface area contributed by atoms with E-state index < -0.39 is 0 Å². The maximum absolute atomic E-state index is 12.0. The molecular formula is C26H26N6O. The molecule has 166 valence electrons. The molecule has 3 heterocycles. The van der Waals surface area contributed by atoms with E-state index in [0.717, 1.165) is 46.6 Å². The number of benzene rings is 1. The van der Waals surface area contributed by atoms with Crippen LogP contribution in [0.15, 0.2) is 67.1 Å². The number of rotatable bonds is 6. The minimum atomic E-state index is 0.0788. The predicted octanol–water partition coefficient (Wildman–Crippen LogP) is 3.83. The van der Waals surface area contributed by atoms with E-state index in [1.54, 1.807) is 6.20 Å². The molecule has 5 rings (SSSR count). The lowest BCUT2D eigenvalue weighted by molar-refractivity contribution is -0.121. The van der Waals surface area contributed by atoms with E-state index in [4.69, 9.17) is 15.1 Å². The third-order valence-corrected chi connectivity index (χ3v) is 5.94. The minimum absolute atomic E-state index is 0.0788. The molecule has 4 aromatic rings. The first kappa shape index (κ1) is 21.0. The number of amides is 1. The molecule has 0 spiro atoms. The Morgan fingerprint density at radius 1 is 1.12 bits per heavy atom. The third-order valence-electron chi connectivity index (χ3n) is 5.94. The molecule has 1 amide bonds. The van der Waals surface area contributed by atoms with Gasteiger partial charge in [0.05, 0.1) is 17.9 Å². The molecule has 1 N–H and O–H groups in total. The van der Waals surface area contributed by atoms with Crippen molar-refractivity contribution in [3.05, 3.63) is 83.9 Å². The van der Waals surface area contributed by atoms with E-state index in [9.17, 15) is 4.79 Å². The van der Waals surface area contributed by atoms with Crippen LogP contribution in [-0.2, 0) is 24.2 Å². The van der Waals surface area contributed by atoms with Gasteiger partial charge in [0, 0.05) is 48.6 Å². The molecule has 33 heavy (non-hydrogen) atoms. The van der Waals surface area contributed by atoms with E-state index in [-0.39, 0.29) is 11.9 Å². The molecule has 1 atom stereocenters. The highest BCUT2D eigenvalue weighted by Crippen LogP contribution is 2.31. The molecule has 3 aromatic heterocycles. The van der Waals surface area contributed by atoms with Crippen LogP contribution >= 0.6 is 0 Å². The summed E-state index contributed by atoms with van der Waals surface area (Å²) in [7, 11) is 0. The summed E-state index contributed by atoms with van der Waals surface area (Å²) < 4.78 is 1.91. The van der Waals surface area contributed by atoms with Crippen molar-refractivity contribution in [2.75, 3.05) is 0 Å². The largest absolute Gasteiger partial charge is 0.353 e. The molecule has 7 nitrogen and oxygen atoms in total. The fraction of sp³-hybridized carbons (Fsp3) is 0.269. The molecule has 0 fully saturated rings. The second-order valence-corrected chi connectivity index (χ2v) is 8.31. The summed E-state index contributed by atoms with van der Waals surface area (Å²) in [6.45, 7) is 2.53. The zero-order valence-electron chi connectivity index (χ0n) is 18.6. The highest BCUT2D eigenvalue weighted by atomic mass is 16.1. The molecule has 1 aliphatic carbocycles. The van der Waals surface area contributed by atoms with Crippen molar-refractivity contribution in [2.24, 2.45) is 0 Å². The van der Waals surface area contributed by atoms with E-state index >= 15 is 0 Å². The maximum atomic E-state index is 12.0. The van der Waals surface area contributed by atoms with Crippen molar-refractivity contribution in [2.45, 2.75) is 45.2 Å². The lowest BCUT2D eigenvalue weighted by atomic mass is 9.89. The van der Waals surface area contributed by atoms with Gasteiger partial charge in [-0.25, -0.2) is 9.97 Å². The summed E-state index contributed by atoms with van der Waals surface area (Å²) >= 11 is 0. The van der Waals surface area contributed by atoms with Crippen LogP contribution in [0.25, 0.3) is 22.8 Å². The van der Waals surface area contributed by atoms with Crippen LogP contribution in [0.1, 0.15) is 36.6 Å². The first-order valence-corrected chi connectivity index (χ1v) is 11.4. The minimum Gasteiger partial charge on any atom is -0.353 e. The average Bonchev–Trinajstić information content (AvgIpc) is 3.32. The zero-order chi connectivity index (χ0) is 22.6. The summed E-state index contributed by atoms with van der Waals surface area (Å²) in [5.74, 6) is 0.767. The SMILES string of the molecule is CCC(=O)NC1CCc2c(nc(-c3ccccc3)nc2-c2ccn(Cc3cccnc3)n2)C1. The van der Waals surface area contributed by atoms with Gasteiger partial charge in [0.15, 0.2) is 5.82 Å². The fourth-order valence-electron chi connectivity index (χ4n) is 4.25. The zero-order valence-corrected chi connectivity index (χ0v) is 18.6. The van der Waals surface area contributed by atoms with Crippen molar-refractivity contribution in [1.29, 1.82) is 0 Å². The molecule has 0 saturated heterocycles. The second-order valence-electron chi connectivity index (χ2n) is 8.31. The van der Waals surface area contributed by atoms with Gasteiger partial charge in [-0.05, 0) is 30.5 Å². The molecule has 7 heteroatoms. The number of hydrogen-bond acceptors (Lipinski definition) is 5. The van der Waals surface area contributed by atoms with Gasteiger partial charge in [0.1, 0.15) is 5.69 Å². The van der Waals surface area contributed by atoms with Gasteiger partial charge in [0.2, 0.25) is 5.91 Å². The van der Waals surface area contributed by atoms with E-state index in [2.05, 4.69) is 10.3 Å². The Morgan fingerprint density at radius 2 is 2.00 bits per heavy atom. The Hall–Kier alpha value is -3.87. The monoisotopic (exact) mass is 438 g/mol. The molecule has 0 bridgehead atoms. The van der Waals surface area contributed by atoms with Crippen molar-refractivity contribution < 1.29 is 4.79 Å². The molecule has 1 aliphatic rings. The summed E-state index contributed by atoms with van der Waals surface area (Å²) in [5, 5.41) is 7.96. The highest BCUT2D eigenvalue weighted by molar-refractivity contribution is 5.76. The summed E-state index contributed by atoms with van der Waals surface area (Å²) in [5.41, 5.74) is 5.90. The number of nitrogens with one attached hydrogen (secondary N) is 1. The van der Waals surface area contributed by atoms with Crippen molar-refractivity contribution in [3.8, 4) is 22.8 Å². The number of carbonyl (C=O) groups excluding carboxylic acids is 1. The first-order chi connectivity index (χ1) is 16.2. The lowest BCUT2D eigenvalue weighted by Crippen LogP contribution is -2.39. The van der Waals surface area contributed by atoms with Gasteiger partial charge in [-0.3, -0.25) is 14.5 Å². The third kappa shape index (κ3) is 4.67. The Kier molecular flexibility index (Phi) is 5.93. The first-order valence-electron chi connectivity index (χ1n) is 11.4. The van der Waals surface area contributed by atoms with Crippen molar-refractivity contribution in [1.82, 2.24) is 30.0 Å². The number of hydrogen-bond donors (Lipinski definition) is 1. The summed E-state index contributed by atoms with van der Waals surface area (Å²) in [4.78, 5) is 26.0. The second kappa shape index (κ2) is 9.32. The number of pyridine rings is 1. The van der Waals surface area contributed by atoms with Gasteiger partial charge in [-0.1, -0.05) is 43.3 Å². The van der Waals surface area contributed by atoms with Gasteiger partial charge >= 0.3 is 0 Å². The van der Waals surface area contributed by atoms with Gasteiger partial charge in [-0.2, -0.15) is 5.10 Å². The lowest BCUT2D eigenvalue weighted by Gasteiger charge is -2.26. The van der Waals surface area contributed by atoms with Crippen molar-refractivity contribution in [3.63, 3.8) is 0 Å². The number of carbonyl (C=O) groups is 1. The quantitative estimate of drug-likeness (QED) is 0.494. The predicted molar refractivity (Wildman–Crippen MR) is 126 cm³/mol. The van der Waals surface area contributed by atoms with Crippen LogP contribution in [-0.4, -0.2) is 36.7 Å². The van der Waals surface area contributed by atoms with E-state index in [1.165, 1.54) is 0 Å². The molecular weight excluding hydrogens is 412 g/mol. The normalized spacial score (nSPS) is 15.1. The Morgan fingerprint density at radius 3 is 2.79 bits per heavy atom. The Bertz CT molecular complexity index is 1250. The van der Waals surface area contributed by atoms with Crippen LogP contribution in [0.4, 0.5) is 0 Å². The Balaban J connectivity index is 1.52. The van der Waals surface area contributed by atoms with Gasteiger partial charge in [0.25, 0.3) is 0 Å². The smallest absolute Gasteiger partial charge is 0.219 e. The molecule has 0 aliphatic heterocycles. The van der Waals surface area contributed by atoms with E-state index in [0.29, 0.717) is 25.2 Å². The average molecular weight is 439 g/mol. The van der Waals surface area contributed by atoms with Crippen LogP contribution in [0, 0.1) is 0 Å². The van der Waals surface area contributed by atoms with Gasteiger partial charge in [-0.15, -0.1) is 0 Å². The number of nitrogens with zero attached hydrogens (tertiary/aromatic N) is 5. The molecule has 1 unspecified atom stereocenters. The van der Waals surface area contributed by atoms with Crippen LogP contribution in [0.3, 0.4) is 0 Å². The van der Waals surface area contributed by atoms with Crippen LogP contribution in [0.2, 0.25) is 0 Å². The topological polar surface area (TPSA) is 85.6 Å². The number of aromatic nitrogens is 5. The molecule has 0 saturated carbocycles. The van der Waals surface area contributed by atoms with Gasteiger partial charge < -0.3 is 5.32 Å². The Labute approximate surface area is 192 Å². The van der Waals surface area contributed by atoms with Crippen molar-refractivity contribution >= 4 is 5.91 Å². The number of fused-ring (bicyclic) bond motifs is 1. The fourth-order valence-corrected chi connectivity index (χ4v) is 4.25. The van der Waals surface area contributed by atoms with Crippen LogP contribution < -0.4 is 5.32 Å². The van der Waals surface area contributed by atoms with E-state index in [1.807, 2.05) is 72.5 Å². The molecule has 1 aromatic carbocycles. The summed E-state index contributed by atoms with van der Waals surface area (Å²) in [6, 6.07) is 16.1. The highest BCUT2D eigenvalue weighted by Gasteiger charge is 2.26. The summed E-state index contributed by atoms with van der Waals surface area (Å²) in [6.07, 6.45) is 8.47. The standard InChI is InChI=1S/C26H26N6O/c1-2-24(33)28-20-10-11-21-23(15-20)29-26(19-8-4-3-5-9-19)30-25(21)22-12-14-32(31-22)17-18-7-6-13-27-16-18/h3-9,12-14,16,20H,2,10-11,15,17H2,1H3,(H,28,33).